The molecule has 160 valence electrons. The Morgan fingerprint density at radius 1 is 1.03 bits per heavy atom. The number of rotatable bonds is 4. The van der Waals surface area contributed by atoms with Crippen LogP contribution in [-0.2, 0) is 0 Å². The highest BCUT2D eigenvalue weighted by molar-refractivity contribution is 9.11. The number of nitrogens with zero attached hydrogens (tertiary/aromatic N) is 3. The van der Waals surface area contributed by atoms with Crippen molar-refractivity contribution in [1.29, 1.82) is 0 Å². The lowest BCUT2D eigenvalue weighted by molar-refractivity contribution is 0.240. The summed E-state index contributed by atoms with van der Waals surface area (Å²) in [5, 5.41) is 10.5. The lowest BCUT2D eigenvalue weighted by atomic mass is 9.93. The topological polar surface area (TPSA) is 41.3 Å². The Labute approximate surface area is 203 Å². The maximum atomic E-state index is 9.28. The molecular weight excluding hydrogens is 574 g/mol. The molecule has 3 heterocycles. The Balaban J connectivity index is 1.88. The second-order valence-corrected chi connectivity index (χ2v) is 10.8. The Hall–Kier alpha value is -0.890. The predicted molar refractivity (Wildman–Crippen MR) is 135 cm³/mol. The Bertz CT molecular complexity index is 1080. The van der Waals surface area contributed by atoms with Crippen LogP contribution in [0.15, 0.2) is 31.6 Å². The van der Waals surface area contributed by atoms with Crippen LogP contribution in [0.2, 0.25) is 0 Å². The van der Waals surface area contributed by atoms with Gasteiger partial charge in [-0.15, -0.1) is 0 Å². The minimum absolute atomic E-state index is 0.293. The van der Waals surface area contributed by atoms with Gasteiger partial charge in [0.05, 0.1) is 5.69 Å². The first-order chi connectivity index (χ1) is 14.3. The van der Waals surface area contributed by atoms with Crippen molar-refractivity contribution in [1.82, 2.24) is 9.55 Å². The lowest BCUT2D eigenvalue weighted by Gasteiger charge is -2.34. The molecule has 1 saturated heterocycles. The van der Waals surface area contributed by atoms with Gasteiger partial charge in [0.15, 0.2) is 0 Å². The number of anilines is 1. The zero-order chi connectivity index (χ0) is 21.6. The molecule has 1 aliphatic rings. The van der Waals surface area contributed by atoms with Gasteiger partial charge in [0, 0.05) is 55.6 Å². The standard InChI is InChI=1S/C23H26Br3N3O/c1-13-10-20(28-7-4-16(5-8-28)6-9-30)21-14(2)15(3)29(23(21)27-13)22-18(25)11-17(24)12-19(22)26/h10-12,16,30H,4-9H2,1-3H3. The maximum Gasteiger partial charge on any atom is 0.147 e. The molecule has 0 spiro atoms. The summed E-state index contributed by atoms with van der Waals surface area (Å²) in [6, 6.07) is 6.38. The largest absolute Gasteiger partial charge is 0.396 e. The van der Waals surface area contributed by atoms with E-state index in [0.717, 1.165) is 62.8 Å². The highest BCUT2D eigenvalue weighted by Gasteiger charge is 2.25. The van der Waals surface area contributed by atoms with E-state index in [1.165, 1.54) is 22.3 Å². The highest BCUT2D eigenvalue weighted by atomic mass is 79.9. The molecule has 4 rings (SSSR count). The Morgan fingerprint density at radius 3 is 2.27 bits per heavy atom. The first kappa shape index (κ1) is 22.3. The number of hydrogen-bond donors (Lipinski definition) is 1. The summed E-state index contributed by atoms with van der Waals surface area (Å²) >= 11 is 11.1. The van der Waals surface area contributed by atoms with Gasteiger partial charge >= 0.3 is 0 Å². The first-order valence-corrected chi connectivity index (χ1v) is 12.7. The van der Waals surface area contributed by atoms with Gasteiger partial charge < -0.3 is 10.0 Å². The van der Waals surface area contributed by atoms with Gasteiger partial charge in [-0.1, -0.05) is 15.9 Å². The molecule has 0 bridgehead atoms. The fraction of sp³-hybridized carbons (Fsp3) is 0.435. The number of halogens is 3. The molecule has 1 fully saturated rings. The maximum absolute atomic E-state index is 9.28. The second-order valence-electron chi connectivity index (χ2n) is 8.19. The molecule has 0 saturated carbocycles. The fourth-order valence-electron chi connectivity index (χ4n) is 4.59. The average molecular weight is 600 g/mol. The lowest BCUT2D eigenvalue weighted by Crippen LogP contribution is -2.34. The van der Waals surface area contributed by atoms with Crippen LogP contribution in [0, 0.1) is 26.7 Å². The quantitative estimate of drug-likeness (QED) is 0.357. The summed E-state index contributed by atoms with van der Waals surface area (Å²) in [4.78, 5) is 7.50. The minimum atomic E-state index is 0.293. The number of aliphatic hydroxyl groups excluding tert-OH is 1. The van der Waals surface area contributed by atoms with Gasteiger partial charge in [-0.3, -0.25) is 4.57 Å². The predicted octanol–water partition coefficient (Wildman–Crippen LogP) is 6.84. The number of fused-ring (bicyclic) bond motifs is 1. The van der Waals surface area contributed by atoms with Crippen molar-refractivity contribution in [2.24, 2.45) is 5.92 Å². The van der Waals surface area contributed by atoms with Crippen molar-refractivity contribution >= 4 is 64.5 Å². The summed E-state index contributed by atoms with van der Waals surface area (Å²) in [5.41, 5.74) is 6.84. The molecule has 0 atom stereocenters. The molecule has 30 heavy (non-hydrogen) atoms. The van der Waals surface area contributed by atoms with Crippen molar-refractivity contribution < 1.29 is 5.11 Å². The van der Waals surface area contributed by atoms with Crippen molar-refractivity contribution in [3.63, 3.8) is 0 Å². The van der Waals surface area contributed by atoms with Crippen molar-refractivity contribution in [2.45, 2.75) is 40.0 Å². The van der Waals surface area contributed by atoms with E-state index in [0.29, 0.717) is 12.5 Å². The van der Waals surface area contributed by atoms with Crippen LogP contribution in [0.3, 0.4) is 0 Å². The number of hydrogen-bond acceptors (Lipinski definition) is 3. The third kappa shape index (κ3) is 3.98. The van der Waals surface area contributed by atoms with Crippen LogP contribution >= 0.6 is 47.8 Å². The van der Waals surface area contributed by atoms with Gasteiger partial charge in [-0.2, -0.15) is 0 Å². The van der Waals surface area contributed by atoms with E-state index in [4.69, 9.17) is 4.98 Å². The third-order valence-electron chi connectivity index (χ3n) is 6.27. The van der Waals surface area contributed by atoms with Crippen LogP contribution in [0.4, 0.5) is 5.69 Å². The smallest absolute Gasteiger partial charge is 0.147 e. The molecule has 3 aromatic rings. The monoisotopic (exact) mass is 597 g/mol. The molecule has 2 aromatic heterocycles. The van der Waals surface area contributed by atoms with Crippen LogP contribution in [0.1, 0.15) is 36.2 Å². The molecule has 7 heteroatoms. The van der Waals surface area contributed by atoms with Crippen LogP contribution < -0.4 is 4.90 Å². The molecule has 0 aliphatic carbocycles. The summed E-state index contributed by atoms with van der Waals surface area (Å²) in [5.74, 6) is 0.631. The van der Waals surface area contributed by atoms with E-state index in [2.05, 4.69) is 96.2 Å². The first-order valence-electron chi connectivity index (χ1n) is 10.3. The summed E-state index contributed by atoms with van der Waals surface area (Å²) in [6.45, 7) is 8.80. The SMILES string of the molecule is Cc1cc(N2CCC(CCO)CC2)c2c(C)c(C)n(-c3c(Br)cc(Br)cc3Br)c2n1. The zero-order valence-corrected chi connectivity index (χ0v) is 22.2. The zero-order valence-electron chi connectivity index (χ0n) is 17.5. The Kier molecular flexibility index (Phi) is 6.64. The molecule has 1 aromatic carbocycles. The van der Waals surface area contributed by atoms with Gasteiger partial charge in [-0.05, 0) is 102 Å². The van der Waals surface area contributed by atoms with E-state index in [9.17, 15) is 5.11 Å². The van der Waals surface area contributed by atoms with E-state index in [1.54, 1.807) is 0 Å². The number of benzene rings is 1. The van der Waals surface area contributed by atoms with E-state index >= 15 is 0 Å². The molecule has 4 nitrogen and oxygen atoms in total. The molecular formula is C23H26Br3N3O. The summed E-state index contributed by atoms with van der Waals surface area (Å²) < 4.78 is 5.31. The van der Waals surface area contributed by atoms with E-state index < -0.39 is 0 Å². The summed E-state index contributed by atoms with van der Waals surface area (Å²) in [6.07, 6.45) is 3.18. The highest BCUT2D eigenvalue weighted by Crippen LogP contribution is 2.41. The van der Waals surface area contributed by atoms with Crippen molar-refractivity contribution in [2.75, 3.05) is 24.6 Å². The number of aryl methyl sites for hydroxylation is 2. The normalized spacial score (nSPS) is 15.4. The summed E-state index contributed by atoms with van der Waals surface area (Å²) in [7, 11) is 0. The van der Waals surface area contributed by atoms with E-state index in [1.807, 2.05) is 0 Å². The second kappa shape index (κ2) is 8.93. The van der Waals surface area contributed by atoms with Gasteiger partial charge in [0.1, 0.15) is 5.65 Å². The molecule has 1 aliphatic heterocycles. The number of aromatic nitrogens is 2. The molecule has 0 amide bonds. The van der Waals surface area contributed by atoms with Gasteiger partial charge in [-0.25, -0.2) is 4.98 Å². The molecule has 1 N–H and O–H groups in total. The molecule has 0 radical (unpaired) electrons. The molecule has 0 unspecified atom stereocenters. The Morgan fingerprint density at radius 2 is 1.67 bits per heavy atom. The van der Waals surface area contributed by atoms with E-state index in [-0.39, 0.29) is 0 Å². The number of pyridine rings is 1. The number of aliphatic hydroxyl groups is 1. The van der Waals surface area contributed by atoms with Crippen molar-refractivity contribution in [3.05, 3.63) is 48.6 Å². The van der Waals surface area contributed by atoms with Crippen LogP contribution in [0.5, 0.6) is 0 Å². The fourth-order valence-corrected chi connectivity index (χ4v) is 7.20. The van der Waals surface area contributed by atoms with Crippen LogP contribution in [0.25, 0.3) is 16.7 Å². The third-order valence-corrected chi connectivity index (χ3v) is 7.94. The van der Waals surface area contributed by atoms with Gasteiger partial charge in [0.25, 0.3) is 0 Å². The minimum Gasteiger partial charge on any atom is -0.396 e. The number of piperidine rings is 1. The van der Waals surface area contributed by atoms with Crippen LogP contribution in [-0.4, -0.2) is 34.4 Å². The average Bonchev–Trinajstić information content (AvgIpc) is 2.92. The van der Waals surface area contributed by atoms with Crippen molar-refractivity contribution in [3.8, 4) is 5.69 Å². The van der Waals surface area contributed by atoms with Gasteiger partial charge in [0.2, 0.25) is 0 Å².